The van der Waals surface area contributed by atoms with Crippen LogP contribution >= 0.6 is 15.9 Å². The highest BCUT2D eigenvalue weighted by Gasteiger charge is 2.43. The molecule has 0 spiro atoms. The summed E-state index contributed by atoms with van der Waals surface area (Å²) in [5, 5.41) is 3.71. The van der Waals surface area contributed by atoms with Crippen LogP contribution in [0.15, 0.2) is 41.1 Å². The van der Waals surface area contributed by atoms with Crippen molar-refractivity contribution in [3.8, 4) is 0 Å². The van der Waals surface area contributed by atoms with Gasteiger partial charge < -0.3 is 9.88 Å². The minimum absolute atomic E-state index is 0.217. The Balaban J connectivity index is 1.60. The highest BCUT2D eigenvalue weighted by atomic mass is 79.9. The Morgan fingerprint density at radius 3 is 2.63 bits per heavy atom. The maximum atomic E-state index is 4.25. The molecular formula is C15H18BrN3. The lowest BCUT2D eigenvalue weighted by Crippen LogP contribution is -2.31. The molecule has 3 rings (SSSR count). The summed E-state index contributed by atoms with van der Waals surface area (Å²) in [6.45, 7) is 4.00. The first kappa shape index (κ1) is 12.9. The van der Waals surface area contributed by atoms with Crippen LogP contribution in [0.1, 0.15) is 24.2 Å². The van der Waals surface area contributed by atoms with Gasteiger partial charge in [0.05, 0.1) is 0 Å². The molecule has 1 saturated carbocycles. The maximum Gasteiger partial charge on any atom is 0.105 e. The third-order valence-corrected chi connectivity index (χ3v) is 4.42. The summed E-state index contributed by atoms with van der Waals surface area (Å²) < 4.78 is 3.33. The largest absolute Gasteiger partial charge is 0.334 e. The van der Waals surface area contributed by atoms with Crippen molar-refractivity contribution >= 4 is 15.9 Å². The van der Waals surface area contributed by atoms with E-state index in [1.54, 1.807) is 0 Å². The van der Waals surface area contributed by atoms with Crippen LogP contribution in [0.3, 0.4) is 0 Å². The van der Waals surface area contributed by atoms with E-state index in [4.69, 9.17) is 0 Å². The van der Waals surface area contributed by atoms with Crippen molar-refractivity contribution in [2.45, 2.75) is 31.8 Å². The third-order valence-electron chi connectivity index (χ3n) is 3.89. The zero-order valence-electron chi connectivity index (χ0n) is 11.1. The van der Waals surface area contributed by atoms with E-state index < -0.39 is 0 Å². The van der Waals surface area contributed by atoms with Crippen LogP contribution in [-0.4, -0.2) is 16.1 Å². The number of rotatable bonds is 5. The summed E-state index contributed by atoms with van der Waals surface area (Å²) in [7, 11) is 0. The zero-order chi connectivity index (χ0) is 13.3. The van der Waals surface area contributed by atoms with Crippen LogP contribution in [0.2, 0.25) is 0 Å². The number of aryl methyl sites for hydroxylation is 1. The van der Waals surface area contributed by atoms with Gasteiger partial charge in [0.25, 0.3) is 0 Å². The number of benzene rings is 1. The molecule has 1 aliphatic rings. The average molecular weight is 320 g/mol. The Labute approximate surface area is 122 Å². The van der Waals surface area contributed by atoms with E-state index in [0.29, 0.717) is 0 Å². The third kappa shape index (κ3) is 2.74. The van der Waals surface area contributed by atoms with Crippen molar-refractivity contribution in [2.75, 3.05) is 6.54 Å². The first-order valence-corrected chi connectivity index (χ1v) is 7.48. The molecule has 1 aliphatic carbocycles. The van der Waals surface area contributed by atoms with E-state index in [9.17, 15) is 0 Å². The van der Waals surface area contributed by atoms with E-state index in [0.717, 1.165) is 23.4 Å². The smallest absolute Gasteiger partial charge is 0.105 e. The SMILES string of the molecule is Cc1nccn1CCNC1(c2ccc(Br)cc2)CC1. The maximum absolute atomic E-state index is 4.25. The molecule has 4 heteroatoms. The van der Waals surface area contributed by atoms with Crippen molar-refractivity contribution < 1.29 is 0 Å². The van der Waals surface area contributed by atoms with Gasteiger partial charge in [-0.15, -0.1) is 0 Å². The van der Waals surface area contributed by atoms with Gasteiger partial charge in [-0.2, -0.15) is 0 Å². The number of aromatic nitrogens is 2. The monoisotopic (exact) mass is 319 g/mol. The van der Waals surface area contributed by atoms with Gasteiger partial charge in [-0.05, 0) is 37.5 Å². The predicted molar refractivity (Wildman–Crippen MR) is 80.0 cm³/mol. The molecule has 100 valence electrons. The van der Waals surface area contributed by atoms with Crippen LogP contribution in [-0.2, 0) is 12.1 Å². The molecule has 1 N–H and O–H groups in total. The lowest BCUT2D eigenvalue weighted by Gasteiger charge is -2.18. The fraction of sp³-hybridized carbons (Fsp3) is 0.400. The second-order valence-electron chi connectivity index (χ2n) is 5.18. The molecule has 0 bridgehead atoms. The van der Waals surface area contributed by atoms with E-state index in [1.165, 1.54) is 18.4 Å². The number of hydrogen-bond donors (Lipinski definition) is 1. The highest BCUT2D eigenvalue weighted by Crippen LogP contribution is 2.45. The van der Waals surface area contributed by atoms with Crippen LogP contribution < -0.4 is 5.32 Å². The van der Waals surface area contributed by atoms with Crippen molar-refractivity contribution in [3.63, 3.8) is 0 Å². The molecule has 0 atom stereocenters. The van der Waals surface area contributed by atoms with Crippen LogP contribution in [0.25, 0.3) is 0 Å². The molecule has 0 unspecified atom stereocenters. The van der Waals surface area contributed by atoms with E-state index in [-0.39, 0.29) is 5.54 Å². The molecule has 19 heavy (non-hydrogen) atoms. The Kier molecular flexibility index (Phi) is 3.46. The van der Waals surface area contributed by atoms with Gasteiger partial charge in [0.1, 0.15) is 5.82 Å². The van der Waals surface area contributed by atoms with E-state index >= 15 is 0 Å². The summed E-state index contributed by atoms with van der Waals surface area (Å²) in [5.74, 6) is 1.08. The zero-order valence-corrected chi connectivity index (χ0v) is 12.7. The molecule has 0 radical (unpaired) electrons. The van der Waals surface area contributed by atoms with Crippen molar-refractivity contribution in [1.82, 2.24) is 14.9 Å². The quantitative estimate of drug-likeness (QED) is 0.917. The predicted octanol–water partition coefficient (Wildman–Crippen LogP) is 3.23. The van der Waals surface area contributed by atoms with Gasteiger partial charge in [-0.1, -0.05) is 28.1 Å². The summed E-state index contributed by atoms with van der Waals surface area (Å²) in [4.78, 5) is 4.25. The number of hydrogen-bond acceptors (Lipinski definition) is 2. The van der Waals surface area contributed by atoms with Gasteiger partial charge in [0, 0.05) is 35.5 Å². The van der Waals surface area contributed by atoms with Crippen molar-refractivity contribution in [2.24, 2.45) is 0 Å². The summed E-state index contributed by atoms with van der Waals surface area (Å²) in [6, 6.07) is 8.67. The van der Waals surface area contributed by atoms with Gasteiger partial charge in [0.15, 0.2) is 0 Å². The van der Waals surface area contributed by atoms with Gasteiger partial charge in [-0.3, -0.25) is 0 Å². The molecule has 3 nitrogen and oxygen atoms in total. The fourth-order valence-corrected chi connectivity index (χ4v) is 2.78. The van der Waals surface area contributed by atoms with E-state index in [2.05, 4.69) is 55.1 Å². The molecule has 0 aliphatic heterocycles. The van der Waals surface area contributed by atoms with Crippen LogP contribution in [0.4, 0.5) is 0 Å². The summed E-state index contributed by atoms with van der Waals surface area (Å²) in [5.41, 5.74) is 1.62. The van der Waals surface area contributed by atoms with Crippen molar-refractivity contribution in [3.05, 3.63) is 52.5 Å². The Morgan fingerprint density at radius 2 is 2.05 bits per heavy atom. The Hall–Kier alpha value is -1.13. The summed E-state index contributed by atoms with van der Waals surface area (Å²) in [6.07, 6.45) is 6.36. The molecule has 0 saturated heterocycles. The standard InChI is InChI=1S/C15H18BrN3/c1-12-17-8-10-19(12)11-9-18-15(6-7-15)13-2-4-14(16)5-3-13/h2-5,8,10,18H,6-7,9,11H2,1H3. The molecule has 1 fully saturated rings. The fourth-order valence-electron chi connectivity index (χ4n) is 2.52. The normalized spacial score (nSPS) is 16.5. The van der Waals surface area contributed by atoms with Crippen molar-refractivity contribution in [1.29, 1.82) is 0 Å². The molecular weight excluding hydrogens is 302 g/mol. The number of imidazole rings is 1. The first-order valence-electron chi connectivity index (χ1n) is 6.68. The van der Waals surface area contributed by atoms with Gasteiger partial charge in [-0.25, -0.2) is 4.98 Å². The highest BCUT2D eigenvalue weighted by molar-refractivity contribution is 9.10. The minimum Gasteiger partial charge on any atom is -0.334 e. The lowest BCUT2D eigenvalue weighted by atomic mass is 10.1. The summed E-state index contributed by atoms with van der Waals surface area (Å²) >= 11 is 3.49. The number of halogens is 1. The lowest BCUT2D eigenvalue weighted by molar-refractivity contribution is 0.486. The molecule has 0 amide bonds. The molecule has 1 aromatic heterocycles. The Morgan fingerprint density at radius 1 is 1.32 bits per heavy atom. The molecule has 1 heterocycles. The molecule has 2 aromatic rings. The second kappa shape index (κ2) is 5.10. The Bertz CT molecular complexity index is 555. The van der Waals surface area contributed by atoms with Gasteiger partial charge >= 0.3 is 0 Å². The average Bonchev–Trinajstić information content (AvgIpc) is 3.08. The topological polar surface area (TPSA) is 29.9 Å². The van der Waals surface area contributed by atoms with E-state index in [1.807, 2.05) is 19.3 Å². The second-order valence-corrected chi connectivity index (χ2v) is 6.10. The van der Waals surface area contributed by atoms with Gasteiger partial charge in [0.2, 0.25) is 0 Å². The number of nitrogens with one attached hydrogen (secondary N) is 1. The molecule has 1 aromatic carbocycles. The first-order chi connectivity index (χ1) is 9.20. The minimum atomic E-state index is 0.217. The number of nitrogens with zero attached hydrogens (tertiary/aromatic N) is 2. The van der Waals surface area contributed by atoms with Crippen LogP contribution in [0.5, 0.6) is 0 Å². The van der Waals surface area contributed by atoms with Crippen LogP contribution in [0, 0.1) is 6.92 Å².